The predicted molar refractivity (Wildman–Crippen MR) is 79.6 cm³/mol. The molecule has 2 rings (SSSR count). The Morgan fingerprint density at radius 1 is 1.15 bits per heavy atom. The van der Waals surface area contributed by atoms with Crippen LogP contribution >= 0.6 is 0 Å². The first-order chi connectivity index (χ1) is 9.60. The molecule has 0 saturated heterocycles. The van der Waals surface area contributed by atoms with E-state index in [0.29, 0.717) is 6.54 Å². The van der Waals surface area contributed by atoms with E-state index < -0.39 is 0 Å². The molecular formula is C16H18N2O2. The van der Waals surface area contributed by atoms with Crippen LogP contribution < -0.4 is 10.6 Å². The Balaban J connectivity index is 2.07. The van der Waals surface area contributed by atoms with Crippen LogP contribution in [0.5, 0.6) is 5.75 Å². The van der Waals surface area contributed by atoms with E-state index in [1.54, 1.807) is 30.1 Å². The molecule has 4 heteroatoms. The third kappa shape index (κ3) is 3.36. The Labute approximate surface area is 118 Å². The van der Waals surface area contributed by atoms with Crippen molar-refractivity contribution in [2.24, 2.45) is 5.73 Å². The number of benzene rings is 2. The van der Waals surface area contributed by atoms with Gasteiger partial charge in [0.25, 0.3) is 0 Å². The molecule has 104 valence electrons. The van der Waals surface area contributed by atoms with Crippen LogP contribution in [0.1, 0.15) is 11.1 Å². The highest BCUT2D eigenvalue weighted by atomic mass is 16.3. The highest BCUT2D eigenvalue weighted by Crippen LogP contribution is 2.16. The molecule has 3 N–H and O–H groups in total. The van der Waals surface area contributed by atoms with Crippen molar-refractivity contribution >= 4 is 11.6 Å². The molecule has 0 aliphatic carbocycles. The molecule has 0 bridgehead atoms. The molecule has 0 fully saturated rings. The summed E-state index contributed by atoms with van der Waals surface area (Å²) in [5, 5.41) is 9.40. The lowest BCUT2D eigenvalue weighted by molar-refractivity contribution is -0.117. The van der Waals surface area contributed by atoms with Crippen LogP contribution in [0.4, 0.5) is 5.69 Å². The van der Waals surface area contributed by atoms with Crippen molar-refractivity contribution in [1.82, 2.24) is 0 Å². The third-order valence-corrected chi connectivity index (χ3v) is 3.20. The van der Waals surface area contributed by atoms with Crippen molar-refractivity contribution in [1.29, 1.82) is 0 Å². The van der Waals surface area contributed by atoms with Crippen LogP contribution in [0.2, 0.25) is 0 Å². The lowest BCUT2D eigenvalue weighted by Crippen LogP contribution is -2.27. The van der Waals surface area contributed by atoms with E-state index in [9.17, 15) is 9.90 Å². The zero-order valence-electron chi connectivity index (χ0n) is 11.4. The van der Waals surface area contributed by atoms with Crippen molar-refractivity contribution in [3.63, 3.8) is 0 Å². The van der Waals surface area contributed by atoms with Gasteiger partial charge < -0.3 is 15.7 Å². The first-order valence-electron chi connectivity index (χ1n) is 6.43. The van der Waals surface area contributed by atoms with E-state index in [2.05, 4.69) is 0 Å². The molecule has 1 amide bonds. The summed E-state index contributed by atoms with van der Waals surface area (Å²) in [7, 11) is 1.74. The lowest BCUT2D eigenvalue weighted by Gasteiger charge is -2.17. The van der Waals surface area contributed by atoms with E-state index >= 15 is 0 Å². The standard InChI is InChI=1S/C16H18N2O2/c1-18(14-7-5-12(11-17)6-8-14)16(20)10-13-3-2-4-15(19)9-13/h2-9,19H,10-11,17H2,1H3. The van der Waals surface area contributed by atoms with Crippen LogP contribution in [0.25, 0.3) is 0 Å². The molecule has 0 radical (unpaired) electrons. The Kier molecular flexibility index (Phi) is 4.38. The first-order valence-corrected chi connectivity index (χ1v) is 6.43. The van der Waals surface area contributed by atoms with E-state index in [1.807, 2.05) is 30.3 Å². The second kappa shape index (κ2) is 6.21. The van der Waals surface area contributed by atoms with Gasteiger partial charge in [0.15, 0.2) is 0 Å². The molecule has 0 aromatic heterocycles. The van der Waals surface area contributed by atoms with Gasteiger partial charge in [-0.05, 0) is 35.4 Å². The van der Waals surface area contributed by atoms with Crippen molar-refractivity contribution < 1.29 is 9.90 Å². The maximum absolute atomic E-state index is 12.2. The maximum Gasteiger partial charge on any atom is 0.231 e. The van der Waals surface area contributed by atoms with Crippen LogP contribution in [0.3, 0.4) is 0 Å². The molecule has 0 heterocycles. The fraction of sp³-hybridized carbons (Fsp3) is 0.188. The molecule has 0 aliphatic rings. The van der Waals surface area contributed by atoms with Crippen LogP contribution in [-0.4, -0.2) is 18.1 Å². The zero-order valence-corrected chi connectivity index (χ0v) is 11.4. The van der Waals surface area contributed by atoms with Gasteiger partial charge >= 0.3 is 0 Å². The summed E-state index contributed by atoms with van der Waals surface area (Å²) in [6.45, 7) is 0.487. The molecule has 2 aromatic rings. The number of rotatable bonds is 4. The lowest BCUT2D eigenvalue weighted by atomic mass is 10.1. The second-order valence-electron chi connectivity index (χ2n) is 4.67. The maximum atomic E-state index is 12.2. The SMILES string of the molecule is CN(C(=O)Cc1cccc(O)c1)c1ccc(CN)cc1. The first kappa shape index (κ1) is 14.1. The van der Waals surface area contributed by atoms with Crippen LogP contribution in [-0.2, 0) is 17.8 Å². The Morgan fingerprint density at radius 2 is 1.85 bits per heavy atom. The molecule has 2 aromatic carbocycles. The highest BCUT2D eigenvalue weighted by molar-refractivity contribution is 5.94. The van der Waals surface area contributed by atoms with Gasteiger partial charge in [-0.2, -0.15) is 0 Å². The number of likely N-dealkylation sites (N-methyl/N-ethyl adjacent to an activating group) is 1. The third-order valence-electron chi connectivity index (χ3n) is 3.20. The van der Waals surface area contributed by atoms with Crippen molar-refractivity contribution in [2.75, 3.05) is 11.9 Å². The monoisotopic (exact) mass is 270 g/mol. The molecular weight excluding hydrogens is 252 g/mol. The number of aromatic hydroxyl groups is 1. The number of phenols is 1. The van der Waals surface area contributed by atoms with Gasteiger partial charge in [0.05, 0.1) is 6.42 Å². The number of hydrogen-bond donors (Lipinski definition) is 2. The van der Waals surface area contributed by atoms with Crippen LogP contribution in [0, 0.1) is 0 Å². The number of carbonyl (C=O) groups is 1. The topological polar surface area (TPSA) is 66.6 Å². The fourth-order valence-electron chi connectivity index (χ4n) is 1.96. The summed E-state index contributed by atoms with van der Waals surface area (Å²) in [6.07, 6.45) is 0.254. The average molecular weight is 270 g/mol. The van der Waals surface area contributed by atoms with E-state index in [1.165, 1.54) is 0 Å². The van der Waals surface area contributed by atoms with Crippen molar-refractivity contribution in [3.8, 4) is 5.75 Å². The molecule has 0 saturated carbocycles. The number of amides is 1. The molecule has 0 aliphatic heterocycles. The number of phenolic OH excluding ortho intramolecular Hbond substituents is 1. The fourth-order valence-corrected chi connectivity index (χ4v) is 1.96. The average Bonchev–Trinajstić information content (AvgIpc) is 2.46. The largest absolute Gasteiger partial charge is 0.508 e. The quantitative estimate of drug-likeness (QED) is 0.893. The zero-order chi connectivity index (χ0) is 14.5. The van der Waals surface area contributed by atoms with Gasteiger partial charge in [0.1, 0.15) is 5.75 Å². The minimum atomic E-state index is -0.0314. The van der Waals surface area contributed by atoms with Gasteiger partial charge in [-0.15, -0.1) is 0 Å². The van der Waals surface area contributed by atoms with Crippen molar-refractivity contribution in [3.05, 3.63) is 59.7 Å². The van der Waals surface area contributed by atoms with Crippen LogP contribution in [0.15, 0.2) is 48.5 Å². The molecule has 4 nitrogen and oxygen atoms in total. The van der Waals surface area contributed by atoms with Gasteiger partial charge in [-0.3, -0.25) is 4.79 Å². The number of anilines is 1. The minimum Gasteiger partial charge on any atom is -0.508 e. The Bertz CT molecular complexity index is 594. The summed E-state index contributed by atoms with van der Waals surface area (Å²) in [5.74, 6) is 0.140. The minimum absolute atomic E-state index is 0.0314. The number of hydrogen-bond acceptors (Lipinski definition) is 3. The summed E-state index contributed by atoms with van der Waals surface area (Å²) in [4.78, 5) is 13.8. The van der Waals surface area contributed by atoms with Gasteiger partial charge in [-0.1, -0.05) is 24.3 Å². The molecule has 20 heavy (non-hydrogen) atoms. The van der Waals surface area contributed by atoms with Gasteiger partial charge in [0.2, 0.25) is 5.91 Å². The Hall–Kier alpha value is -2.33. The van der Waals surface area contributed by atoms with Gasteiger partial charge in [-0.25, -0.2) is 0 Å². The number of nitrogens with zero attached hydrogens (tertiary/aromatic N) is 1. The Morgan fingerprint density at radius 3 is 2.45 bits per heavy atom. The van der Waals surface area contributed by atoms with Crippen molar-refractivity contribution in [2.45, 2.75) is 13.0 Å². The summed E-state index contributed by atoms with van der Waals surface area (Å²) < 4.78 is 0. The number of carbonyl (C=O) groups excluding carboxylic acids is 1. The summed E-state index contributed by atoms with van der Waals surface area (Å²) >= 11 is 0. The summed E-state index contributed by atoms with van der Waals surface area (Å²) in [5.41, 5.74) is 8.20. The predicted octanol–water partition coefficient (Wildman–Crippen LogP) is 2.06. The smallest absolute Gasteiger partial charge is 0.231 e. The second-order valence-corrected chi connectivity index (χ2v) is 4.67. The molecule has 0 spiro atoms. The van der Waals surface area contributed by atoms with E-state index in [0.717, 1.165) is 16.8 Å². The van der Waals surface area contributed by atoms with Gasteiger partial charge in [0, 0.05) is 19.3 Å². The normalized spacial score (nSPS) is 10.3. The molecule has 0 atom stereocenters. The highest BCUT2D eigenvalue weighted by Gasteiger charge is 2.11. The van der Waals surface area contributed by atoms with E-state index in [-0.39, 0.29) is 18.1 Å². The molecule has 0 unspecified atom stereocenters. The van der Waals surface area contributed by atoms with E-state index in [4.69, 9.17) is 5.73 Å². The number of nitrogens with two attached hydrogens (primary N) is 1. The summed E-state index contributed by atoms with van der Waals surface area (Å²) in [6, 6.07) is 14.3.